The lowest BCUT2D eigenvalue weighted by molar-refractivity contribution is -0.245. The van der Waals surface area contributed by atoms with Crippen molar-refractivity contribution in [2.24, 2.45) is 5.73 Å². The third-order valence-corrected chi connectivity index (χ3v) is 6.78. The summed E-state index contributed by atoms with van der Waals surface area (Å²) < 4.78 is 18.3. The zero-order valence-corrected chi connectivity index (χ0v) is 19.0. The fourth-order valence-electron chi connectivity index (χ4n) is 3.75. The third kappa shape index (κ3) is 5.52. The summed E-state index contributed by atoms with van der Waals surface area (Å²) in [4.78, 5) is 1.10. The summed E-state index contributed by atoms with van der Waals surface area (Å²) >= 11 is 1.73. The van der Waals surface area contributed by atoms with E-state index in [0.29, 0.717) is 6.54 Å². The standard InChI is InChI=1S/C26H29NO4S/c1-29-23-4-2-3-5-25(23)32-17-22-14-24(20-10-8-19(16-28)9-11-20)31-26(30-22)21-12-6-18(15-27)7-13-21/h2-13,22,24,26,28H,14-17,27H2,1H3/t22-,24+,26+/m0/s1. The monoisotopic (exact) mass is 451 g/mol. The average Bonchev–Trinajstić information content (AvgIpc) is 2.87. The highest BCUT2D eigenvalue weighted by Gasteiger charge is 2.32. The molecule has 0 saturated carbocycles. The lowest BCUT2D eigenvalue weighted by Gasteiger charge is -2.36. The van der Waals surface area contributed by atoms with E-state index in [0.717, 1.165) is 45.1 Å². The Morgan fingerprint density at radius 3 is 2.31 bits per heavy atom. The maximum atomic E-state index is 9.36. The predicted molar refractivity (Wildman–Crippen MR) is 126 cm³/mol. The van der Waals surface area contributed by atoms with E-state index in [1.807, 2.05) is 66.7 Å². The van der Waals surface area contributed by atoms with Crippen LogP contribution in [-0.2, 0) is 22.6 Å². The topological polar surface area (TPSA) is 73.9 Å². The fraction of sp³-hybridized carbons (Fsp3) is 0.308. The van der Waals surface area contributed by atoms with Crippen molar-refractivity contribution in [3.63, 3.8) is 0 Å². The Kier molecular flexibility index (Phi) is 7.84. The first-order chi connectivity index (χ1) is 15.7. The molecular formula is C26H29NO4S. The van der Waals surface area contributed by atoms with Gasteiger partial charge >= 0.3 is 0 Å². The molecule has 32 heavy (non-hydrogen) atoms. The van der Waals surface area contributed by atoms with Crippen molar-refractivity contribution in [2.75, 3.05) is 12.9 Å². The number of methoxy groups -OCH3 is 1. The summed E-state index contributed by atoms with van der Waals surface area (Å²) in [5.41, 5.74) is 9.77. The normalized spacial score (nSPS) is 20.8. The quantitative estimate of drug-likeness (QED) is 0.471. The number of ether oxygens (including phenoxy) is 3. The van der Waals surface area contributed by atoms with Gasteiger partial charge in [0.05, 0.1) is 25.9 Å². The minimum atomic E-state index is -0.457. The Balaban J connectivity index is 1.54. The van der Waals surface area contributed by atoms with E-state index in [2.05, 4.69) is 6.07 Å². The van der Waals surface area contributed by atoms with Gasteiger partial charge in [0.15, 0.2) is 6.29 Å². The van der Waals surface area contributed by atoms with Gasteiger partial charge in [0.2, 0.25) is 0 Å². The molecule has 1 aliphatic heterocycles. The van der Waals surface area contributed by atoms with E-state index < -0.39 is 6.29 Å². The van der Waals surface area contributed by atoms with Gasteiger partial charge in [-0.15, -0.1) is 11.8 Å². The molecule has 0 unspecified atom stereocenters. The van der Waals surface area contributed by atoms with Crippen molar-refractivity contribution in [3.8, 4) is 5.75 Å². The molecule has 1 fully saturated rings. The Bertz CT molecular complexity index is 938. The number of hydrogen-bond donors (Lipinski definition) is 2. The highest BCUT2D eigenvalue weighted by atomic mass is 32.2. The van der Waals surface area contributed by atoms with Crippen molar-refractivity contribution >= 4 is 11.8 Å². The van der Waals surface area contributed by atoms with Gasteiger partial charge in [-0.3, -0.25) is 0 Å². The third-order valence-electron chi connectivity index (χ3n) is 5.60. The van der Waals surface area contributed by atoms with Crippen LogP contribution in [0.4, 0.5) is 0 Å². The molecule has 4 rings (SSSR count). The van der Waals surface area contributed by atoms with Gasteiger partial charge in [-0.1, -0.05) is 60.7 Å². The average molecular weight is 452 g/mol. The summed E-state index contributed by atoms with van der Waals surface area (Å²) in [7, 11) is 1.69. The molecule has 1 aliphatic rings. The van der Waals surface area contributed by atoms with Gasteiger partial charge in [0.1, 0.15) is 5.75 Å². The molecular weight excluding hydrogens is 422 g/mol. The maximum Gasteiger partial charge on any atom is 0.184 e. The molecule has 3 aromatic carbocycles. The minimum absolute atomic E-state index is 0.000339. The number of aliphatic hydroxyl groups excluding tert-OH is 1. The second kappa shape index (κ2) is 11.0. The molecule has 0 aromatic heterocycles. The van der Waals surface area contributed by atoms with Gasteiger partial charge in [0.25, 0.3) is 0 Å². The van der Waals surface area contributed by atoms with E-state index in [-0.39, 0.29) is 18.8 Å². The van der Waals surface area contributed by atoms with Crippen LogP contribution in [-0.4, -0.2) is 24.1 Å². The van der Waals surface area contributed by atoms with E-state index in [1.165, 1.54) is 0 Å². The number of hydrogen-bond acceptors (Lipinski definition) is 6. The van der Waals surface area contributed by atoms with Gasteiger partial charge in [-0.25, -0.2) is 0 Å². The molecule has 1 heterocycles. The summed E-state index contributed by atoms with van der Waals surface area (Å²) in [6.45, 7) is 0.536. The van der Waals surface area contributed by atoms with Crippen molar-refractivity contribution in [2.45, 2.75) is 43.0 Å². The lowest BCUT2D eigenvalue weighted by atomic mass is 10.0. The van der Waals surface area contributed by atoms with E-state index in [9.17, 15) is 5.11 Å². The summed E-state index contributed by atoms with van der Waals surface area (Å²) in [5, 5.41) is 9.36. The van der Waals surface area contributed by atoms with Gasteiger partial charge in [-0.05, 0) is 28.8 Å². The molecule has 1 saturated heterocycles. The number of rotatable bonds is 8. The molecule has 3 aromatic rings. The molecule has 168 valence electrons. The van der Waals surface area contributed by atoms with Crippen LogP contribution in [0.1, 0.15) is 41.1 Å². The fourth-order valence-corrected chi connectivity index (χ4v) is 4.80. The number of para-hydroxylation sites is 1. The van der Waals surface area contributed by atoms with Crippen LogP contribution >= 0.6 is 11.8 Å². The van der Waals surface area contributed by atoms with E-state index >= 15 is 0 Å². The van der Waals surface area contributed by atoms with Crippen molar-refractivity contribution in [3.05, 3.63) is 95.1 Å². The molecule has 0 amide bonds. The van der Waals surface area contributed by atoms with Gasteiger partial charge in [0, 0.05) is 29.2 Å². The van der Waals surface area contributed by atoms with Crippen LogP contribution < -0.4 is 10.5 Å². The molecule has 0 aliphatic carbocycles. The number of thioether (sulfide) groups is 1. The minimum Gasteiger partial charge on any atom is -0.496 e. The first kappa shape index (κ1) is 22.8. The molecule has 0 spiro atoms. The molecule has 0 radical (unpaired) electrons. The van der Waals surface area contributed by atoms with Crippen molar-refractivity contribution in [1.82, 2.24) is 0 Å². The number of nitrogens with two attached hydrogens (primary N) is 1. The molecule has 3 N–H and O–H groups in total. The van der Waals surface area contributed by atoms with Crippen LogP contribution in [0.3, 0.4) is 0 Å². The summed E-state index contributed by atoms with van der Waals surface area (Å²) in [6, 6.07) is 24.0. The SMILES string of the molecule is COc1ccccc1SC[C@@H]1C[C@H](c2ccc(CO)cc2)O[C@H](c2ccc(CN)cc2)O1. The second-order valence-corrected chi connectivity index (χ2v) is 8.82. The first-order valence-corrected chi connectivity index (χ1v) is 11.7. The first-order valence-electron chi connectivity index (χ1n) is 10.8. The van der Waals surface area contributed by atoms with E-state index in [4.69, 9.17) is 19.9 Å². The van der Waals surface area contributed by atoms with Gasteiger partial charge in [-0.2, -0.15) is 0 Å². The Hall–Kier alpha value is -2.35. The van der Waals surface area contributed by atoms with Crippen LogP contribution in [0.2, 0.25) is 0 Å². The van der Waals surface area contributed by atoms with Crippen LogP contribution in [0.15, 0.2) is 77.7 Å². The number of aliphatic hydroxyl groups is 1. The zero-order chi connectivity index (χ0) is 22.3. The molecule has 3 atom stereocenters. The summed E-state index contributed by atoms with van der Waals surface area (Å²) in [5.74, 6) is 1.65. The number of benzene rings is 3. The Morgan fingerprint density at radius 1 is 0.938 bits per heavy atom. The predicted octanol–water partition coefficient (Wildman–Crippen LogP) is 4.98. The van der Waals surface area contributed by atoms with Crippen LogP contribution in [0.25, 0.3) is 0 Å². The van der Waals surface area contributed by atoms with Crippen LogP contribution in [0, 0.1) is 0 Å². The second-order valence-electron chi connectivity index (χ2n) is 7.76. The smallest absolute Gasteiger partial charge is 0.184 e. The highest BCUT2D eigenvalue weighted by Crippen LogP contribution is 2.40. The Morgan fingerprint density at radius 2 is 1.62 bits per heavy atom. The van der Waals surface area contributed by atoms with E-state index in [1.54, 1.807) is 18.9 Å². The van der Waals surface area contributed by atoms with Crippen molar-refractivity contribution < 1.29 is 19.3 Å². The molecule has 0 bridgehead atoms. The largest absolute Gasteiger partial charge is 0.496 e. The lowest BCUT2D eigenvalue weighted by Crippen LogP contribution is -2.31. The highest BCUT2D eigenvalue weighted by molar-refractivity contribution is 7.99. The summed E-state index contributed by atoms with van der Waals surface area (Å²) in [6.07, 6.45) is 0.193. The zero-order valence-electron chi connectivity index (χ0n) is 18.1. The maximum absolute atomic E-state index is 9.36. The molecule has 6 heteroatoms. The van der Waals surface area contributed by atoms with Crippen LogP contribution in [0.5, 0.6) is 5.75 Å². The molecule has 5 nitrogen and oxygen atoms in total. The van der Waals surface area contributed by atoms with Gasteiger partial charge < -0.3 is 25.1 Å². The Labute approximate surface area is 193 Å². The van der Waals surface area contributed by atoms with Crippen molar-refractivity contribution in [1.29, 1.82) is 0 Å².